The van der Waals surface area contributed by atoms with Gasteiger partial charge in [0.05, 0.1) is 6.04 Å². The average Bonchev–Trinajstić information content (AvgIpc) is 2.35. The van der Waals surface area contributed by atoms with Crippen LogP contribution in [0.3, 0.4) is 0 Å². The fraction of sp³-hybridized carbons (Fsp3) is 0.882. The van der Waals surface area contributed by atoms with E-state index < -0.39 is 20.0 Å². The number of rotatable bonds is 4. The molecule has 1 aliphatic heterocycles. The molecular formula is C17H34N2O4Si. The Kier molecular flexibility index (Phi) is 6.49. The van der Waals surface area contributed by atoms with Crippen LogP contribution in [0.25, 0.3) is 0 Å². The highest BCUT2D eigenvalue weighted by molar-refractivity contribution is 6.74. The zero-order valence-corrected chi connectivity index (χ0v) is 17.4. The van der Waals surface area contributed by atoms with Gasteiger partial charge in [0.2, 0.25) is 5.91 Å². The summed E-state index contributed by atoms with van der Waals surface area (Å²) < 4.78 is 11.6. The topological polar surface area (TPSA) is 76.7 Å². The molecule has 6 nitrogen and oxygen atoms in total. The first-order chi connectivity index (χ1) is 10.7. The van der Waals surface area contributed by atoms with Gasteiger partial charge in [-0.2, -0.15) is 0 Å². The van der Waals surface area contributed by atoms with Crippen molar-refractivity contribution in [2.45, 2.75) is 77.7 Å². The summed E-state index contributed by atoms with van der Waals surface area (Å²) >= 11 is 0. The minimum atomic E-state index is -1.89. The van der Waals surface area contributed by atoms with E-state index in [4.69, 9.17) is 9.16 Å². The van der Waals surface area contributed by atoms with Crippen molar-refractivity contribution in [2.75, 3.05) is 13.2 Å². The molecule has 24 heavy (non-hydrogen) atoms. The van der Waals surface area contributed by atoms with Gasteiger partial charge in [-0.3, -0.25) is 4.79 Å². The first kappa shape index (κ1) is 21.0. The van der Waals surface area contributed by atoms with Gasteiger partial charge in [-0.05, 0) is 38.9 Å². The maximum absolute atomic E-state index is 12.0. The normalized spacial score (nSPS) is 22.8. The molecule has 2 N–H and O–H groups in total. The molecular weight excluding hydrogens is 324 g/mol. The van der Waals surface area contributed by atoms with Crippen LogP contribution in [-0.2, 0) is 14.0 Å². The van der Waals surface area contributed by atoms with E-state index in [1.54, 1.807) is 0 Å². The molecule has 0 aromatic rings. The van der Waals surface area contributed by atoms with E-state index in [1.165, 1.54) is 0 Å². The third-order valence-corrected chi connectivity index (χ3v) is 9.20. The lowest BCUT2D eigenvalue weighted by molar-refractivity contribution is -0.124. The van der Waals surface area contributed by atoms with E-state index in [9.17, 15) is 9.59 Å². The van der Waals surface area contributed by atoms with Crippen LogP contribution >= 0.6 is 0 Å². The van der Waals surface area contributed by atoms with Gasteiger partial charge in [-0.1, -0.05) is 20.8 Å². The van der Waals surface area contributed by atoms with E-state index in [0.29, 0.717) is 19.6 Å². The second-order valence-electron chi connectivity index (χ2n) is 9.09. The van der Waals surface area contributed by atoms with Gasteiger partial charge < -0.3 is 19.8 Å². The van der Waals surface area contributed by atoms with Crippen molar-refractivity contribution in [1.82, 2.24) is 10.6 Å². The van der Waals surface area contributed by atoms with Crippen LogP contribution in [0, 0.1) is 5.92 Å². The fourth-order valence-electron chi connectivity index (χ4n) is 2.18. The Hall–Kier alpha value is -1.08. The largest absolute Gasteiger partial charge is 0.444 e. The van der Waals surface area contributed by atoms with Crippen LogP contribution in [0.1, 0.15) is 48.0 Å². The summed E-state index contributed by atoms with van der Waals surface area (Å²) in [5.74, 6) is -0.0403. The number of amides is 2. The predicted molar refractivity (Wildman–Crippen MR) is 97.4 cm³/mol. The first-order valence-corrected chi connectivity index (χ1v) is 11.5. The molecule has 140 valence electrons. The van der Waals surface area contributed by atoms with Gasteiger partial charge in [-0.15, -0.1) is 0 Å². The van der Waals surface area contributed by atoms with Crippen LogP contribution in [0.2, 0.25) is 18.1 Å². The standard InChI is InChI=1S/C17H34N2O4Si/c1-16(2,3)23-15(21)19-13-10-18-14(20)9-12(13)11-22-24(7,8)17(4,5)6/h12-13H,9-11H2,1-8H3,(H,18,20)(H,19,21)/t12-,13+/m0/s1. The van der Waals surface area contributed by atoms with Crippen LogP contribution < -0.4 is 10.6 Å². The molecule has 2 amide bonds. The van der Waals surface area contributed by atoms with Crippen molar-refractivity contribution < 1.29 is 18.8 Å². The molecule has 0 radical (unpaired) electrons. The second kappa shape index (κ2) is 7.43. The Bertz CT molecular complexity index is 466. The highest BCUT2D eigenvalue weighted by atomic mass is 28.4. The summed E-state index contributed by atoms with van der Waals surface area (Å²) in [7, 11) is -1.89. The van der Waals surface area contributed by atoms with Crippen molar-refractivity contribution in [3.63, 3.8) is 0 Å². The average molecular weight is 359 g/mol. The maximum atomic E-state index is 12.0. The molecule has 0 spiro atoms. The number of hydrogen-bond donors (Lipinski definition) is 2. The number of ether oxygens (including phenoxy) is 1. The lowest BCUT2D eigenvalue weighted by Gasteiger charge is -2.39. The van der Waals surface area contributed by atoms with Crippen LogP contribution in [0.5, 0.6) is 0 Å². The number of alkyl carbamates (subject to hydrolysis) is 1. The second-order valence-corrected chi connectivity index (χ2v) is 13.9. The smallest absolute Gasteiger partial charge is 0.407 e. The van der Waals surface area contributed by atoms with E-state index in [0.717, 1.165) is 0 Å². The molecule has 0 aromatic carbocycles. The molecule has 0 aliphatic carbocycles. The molecule has 0 unspecified atom stereocenters. The maximum Gasteiger partial charge on any atom is 0.407 e. The molecule has 1 fully saturated rings. The van der Waals surface area contributed by atoms with E-state index in [1.807, 2.05) is 20.8 Å². The van der Waals surface area contributed by atoms with Crippen LogP contribution in [0.4, 0.5) is 4.79 Å². The number of hydrogen-bond acceptors (Lipinski definition) is 4. The zero-order chi connectivity index (χ0) is 18.8. The van der Waals surface area contributed by atoms with Crippen molar-refractivity contribution in [1.29, 1.82) is 0 Å². The SMILES string of the molecule is CC(C)(C)OC(=O)N[C@@H]1CNC(=O)C[C@H]1CO[Si](C)(C)C(C)(C)C. The highest BCUT2D eigenvalue weighted by Crippen LogP contribution is 2.37. The molecule has 2 atom stereocenters. The first-order valence-electron chi connectivity index (χ1n) is 8.61. The summed E-state index contributed by atoms with van der Waals surface area (Å²) in [5, 5.41) is 5.79. The minimum Gasteiger partial charge on any atom is -0.444 e. The van der Waals surface area contributed by atoms with E-state index in [-0.39, 0.29) is 22.9 Å². The monoisotopic (exact) mass is 358 g/mol. The Balaban J connectivity index is 2.70. The number of carbonyl (C=O) groups excluding carboxylic acids is 2. The molecule has 1 rings (SSSR count). The summed E-state index contributed by atoms with van der Waals surface area (Å²) in [4.78, 5) is 23.8. The van der Waals surface area contributed by atoms with Gasteiger partial charge in [0.15, 0.2) is 8.32 Å². The third kappa shape index (κ3) is 6.43. The summed E-state index contributed by atoms with van der Waals surface area (Å²) in [6, 6.07) is -0.178. The number of carbonyl (C=O) groups is 2. The van der Waals surface area contributed by atoms with E-state index >= 15 is 0 Å². The molecule has 0 saturated carbocycles. The Morgan fingerprint density at radius 1 is 1.25 bits per heavy atom. The molecule has 1 aliphatic rings. The van der Waals surface area contributed by atoms with Gasteiger partial charge in [-0.25, -0.2) is 4.79 Å². The lowest BCUT2D eigenvalue weighted by Crippen LogP contribution is -2.56. The van der Waals surface area contributed by atoms with Crippen LogP contribution in [-0.4, -0.2) is 45.1 Å². The predicted octanol–water partition coefficient (Wildman–Crippen LogP) is 3.04. The Morgan fingerprint density at radius 2 is 1.83 bits per heavy atom. The van der Waals surface area contributed by atoms with Gasteiger partial charge in [0.1, 0.15) is 5.60 Å². The van der Waals surface area contributed by atoms with Gasteiger partial charge in [0.25, 0.3) is 0 Å². The van der Waals surface area contributed by atoms with E-state index in [2.05, 4.69) is 44.5 Å². The molecule has 1 saturated heterocycles. The Labute approximate surface area is 147 Å². The van der Waals surface area contributed by atoms with Crippen LogP contribution in [0.15, 0.2) is 0 Å². The minimum absolute atomic E-state index is 0.000991. The molecule has 0 bridgehead atoms. The zero-order valence-electron chi connectivity index (χ0n) is 16.4. The van der Waals surface area contributed by atoms with Crippen molar-refractivity contribution in [3.05, 3.63) is 0 Å². The highest BCUT2D eigenvalue weighted by Gasteiger charge is 2.39. The van der Waals surface area contributed by atoms with Gasteiger partial charge >= 0.3 is 6.09 Å². The number of piperidine rings is 1. The molecule has 1 heterocycles. The quantitative estimate of drug-likeness (QED) is 0.757. The lowest BCUT2D eigenvalue weighted by atomic mass is 9.93. The molecule has 7 heteroatoms. The summed E-state index contributed by atoms with van der Waals surface area (Å²) in [6.45, 7) is 17.3. The van der Waals surface area contributed by atoms with Crippen molar-refractivity contribution in [2.24, 2.45) is 5.92 Å². The summed E-state index contributed by atoms with van der Waals surface area (Å²) in [6.07, 6.45) is -0.101. The Morgan fingerprint density at radius 3 is 2.33 bits per heavy atom. The fourth-order valence-corrected chi connectivity index (χ4v) is 3.24. The third-order valence-electron chi connectivity index (χ3n) is 4.70. The molecule has 0 aromatic heterocycles. The van der Waals surface area contributed by atoms with Gasteiger partial charge in [0, 0.05) is 25.5 Å². The summed E-state index contributed by atoms with van der Waals surface area (Å²) in [5.41, 5.74) is -0.546. The van der Waals surface area contributed by atoms with Crippen molar-refractivity contribution >= 4 is 20.3 Å². The number of nitrogens with one attached hydrogen (secondary N) is 2. The van der Waals surface area contributed by atoms with Crippen molar-refractivity contribution in [3.8, 4) is 0 Å².